The van der Waals surface area contributed by atoms with E-state index in [0.717, 1.165) is 25.2 Å². The number of unbranched alkanes of at least 4 members (excludes halogenated alkanes) is 3. The van der Waals surface area contributed by atoms with Gasteiger partial charge >= 0.3 is 0 Å². The van der Waals surface area contributed by atoms with Crippen molar-refractivity contribution in [2.24, 2.45) is 0 Å². The molecule has 0 aromatic carbocycles. The van der Waals surface area contributed by atoms with Gasteiger partial charge in [0.15, 0.2) is 0 Å². The summed E-state index contributed by atoms with van der Waals surface area (Å²) in [6.45, 7) is 8.65. The second kappa shape index (κ2) is 8.29. The lowest BCUT2D eigenvalue weighted by Crippen LogP contribution is -2.15. The Labute approximate surface area is 106 Å². The largest absolute Gasteiger partial charge is 0.311 e. The lowest BCUT2D eigenvalue weighted by atomic mass is 10.2. The monoisotopic (exact) mass is 237 g/mol. The maximum absolute atomic E-state index is 4.57. The molecule has 1 heterocycles. The van der Waals surface area contributed by atoms with E-state index in [1.54, 1.807) is 0 Å². The lowest BCUT2D eigenvalue weighted by molar-refractivity contribution is 0.471. The van der Waals surface area contributed by atoms with Crippen molar-refractivity contribution in [3.8, 4) is 0 Å². The molecule has 3 heteroatoms. The van der Waals surface area contributed by atoms with Gasteiger partial charge in [-0.15, -0.1) is 0 Å². The summed E-state index contributed by atoms with van der Waals surface area (Å²) in [5.74, 6) is 0. The molecule has 0 aliphatic carbocycles. The predicted octanol–water partition coefficient (Wildman–Crippen LogP) is 3.52. The fourth-order valence-corrected chi connectivity index (χ4v) is 1.80. The number of nitrogens with zero attached hydrogens (tertiary/aromatic N) is 2. The summed E-state index contributed by atoms with van der Waals surface area (Å²) in [6.07, 6.45) is 8.49. The smallest absolute Gasteiger partial charge is 0.0762 e. The Hall–Kier alpha value is -0.830. The van der Waals surface area contributed by atoms with E-state index in [4.69, 9.17) is 0 Å². The molecule has 98 valence electrons. The minimum atomic E-state index is 0.508. The molecule has 17 heavy (non-hydrogen) atoms. The molecule has 1 aromatic heterocycles. The maximum atomic E-state index is 4.57. The Morgan fingerprint density at radius 3 is 2.82 bits per heavy atom. The highest BCUT2D eigenvalue weighted by Crippen LogP contribution is 2.08. The molecular formula is C14H27N3. The number of nitrogens with one attached hydrogen (secondary N) is 1. The molecule has 0 aliphatic rings. The van der Waals surface area contributed by atoms with Crippen LogP contribution >= 0.6 is 0 Å². The molecule has 0 saturated heterocycles. The van der Waals surface area contributed by atoms with Gasteiger partial charge in [-0.3, -0.25) is 4.68 Å². The zero-order valence-electron chi connectivity index (χ0n) is 11.6. The summed E-state index contributed by atoms with van der Waals surface area (Å²) >= 11 is 0. The average molecular weight is 237 g/mol. The molecule has 0 spiro atoms. The SMILES string of the molecule is CCCCCCNCc1ccn(C(C)CC)n1. The number of hydrogen-bond donors (Lipinski definition) is 1. The van der Waals surface area contributed by atoms with Crippen LogP contribution in [0.1, 0.15) is 64.6 Å². The summed E-state index contributed by atoms with van der Waals surface area (Å²) in [6, 6.07) is 2.62. The van der Waals surface area contributed by atoms with Crippen molar-refractivity contribution >= 4 is 0 Å². The summed E-state index contributed by atoms with van der Waals surface area (Å²) < 4.78 is 2.06. The highest BCUT2D eigenvalue weighted by Gasteiger charge is 2.03. The second-order valence-corrected chi connectivity index (χ2v) is 4.78. The minimum Gasteiger partial charge on any atom is -0.311 e. The first-order valence-corrected chi connectivity index (χ1v) is 7.02. The molecule has 1 atom stereocenters. The van der Waals surface area contributed by atoms with Crippen LogP contribution in [0, 0.1) is 0 Å². The summed E-state index contributed by atoms with van der Waals surface area (Å²) in [5.41, 5.74) is 1.15. The van der Waals surface area contributed by atoms with E-state index in [9.17, 15) is 0 Å². The van der Waals surface area contributed by atoms with Gasteiger partial charge in [-0.25, -0.2) is 0 Å². The fraction of sp³-hybridized carbons (Fsp3) is 0.786. The molecular weight excluding hydrogens is 210 g/mol. The van der Waals surface area contributed by atoms with Crippen molar-refractivity contribution in [2.45, 2.75) is 65.5 Å². The van der Waals surface area contributed by atoms with Gasteiger partial charge in [-0.1, -0.05) is 33.1 Å². The lowest BCUT2D eigenvalue weighted by Gasteiger charge is -2.08. The van der Waals surface area contributed by atoms with E-state index in [0.29, 0.717) is 6.04 Å². The molecule has 3 nitrogen and oxygen atoms in total. The Bertz CT molecular complexity index is 293. The molecule has 0 bridgehead atoms. The first kappa shape index (κ1) is 14.2. The van der Waals surface area contributed by atoms with Crippen molar-refractivity contribution < 1.29 is 0 Å². The number of aromatic nitrogens is 2. The third-order valence-electron chi connectivity index (χ3n) is 3.22. The van der Waals surface area contributed by atoms with Gasteiger partial charge in [0.2, 0.25) is 0 Å². The van der Waals surface area contributed by atoms with Crippen molar-refractivity contribution in [2.75, 3.05) is 6.54 Å². The predicted molar refractivity (Wildman–Crippen MR) is 73.1 cm³/mol. The van der Waals surface area contributed by atoms with E-state index >= 15 is 0 Å². The highest BCUT2D eigenvalue weighted by atomic mass is 15.3. The van der Waals surface area contributed by atoms with Crippen LogP contribution in [0.2, 0.25) is 0 Å². The van der Waals surface area contributed by atoms with Gasteiger partial charge in [0.05, 0.1) is 5.69 Å². The number of hydrogen-bond acceptors (Lipinski definition) is 2. The molecule has 1 N–H and O–H groups in total. The van der Waals surface area contributed by atoms with E-state index in [-0.39, 0.29) is 0 Å². The van der Waals surface area contributed by atoms with Gasteiger partial charge in [0.25, 0.3) is 0 Å². The number of rotatable bonds is 9. The Kier molecular flexibility index (Phi) is 6.94. The first-order chi connectivity index (χ1) is 8.27. The highest BCUT2D eigenvalue weighted by molar-refractivity contribution is 4.99. The Morgan fingerprint density at radius 2 is 2.12 bits per heavy atom. The van der Waals surface area contributed by atoms with E-state index < -0.39 is 0 Å². The van der Waals surface area contributed by atoms with Crippen LogP contribution < -0.4 is 5.32 Å². The van der Waals surface area contributed by atoms with Gasteiger partial charge in [0, 0.05) is 18.8 Å². The molecule has 0 fully saturated rings. The second-order valence-electron chi connectivity index (χ2n) is 4.78. The normalized spacial score (nSPS) is 12.9. The van der Waals surface area contributed by atoms with Crippen LogP contribution in [-0.4, -0.2) is 16.3 Å². The van der Waals surface area contributed by atoms with Crippen LogP contribution in [0.3, 0.4) is 0 Å². The average Bonchev–Trinajstić information content (AvgIpc) is 2.81. The van der Waals surface area contributed by atoms with Crippen LogP contribution in [0.4, 0.5) is 0 Å². The third-order valence-corrected chi connectivity index (χ3v) is 3.22. The van der Waals surface area contributed by atoms with E-state index in [1.807, 2.05) is 0 Å². The van der Waals surface area contributed by atoms with Crippen LogP contribution in [0.5, 0.6) is 0 Å². The Morgan fingerprint density at radius 1 is 1.29 bits per heavy atom. The molecule has 1 unspecified atom stereocenters. The molecule has 1 aromatic rings. The molecule has 0 amide bonds. The molecule has 1 rings (SSSR count). The Balaban J connectivity index is 2.16. The van der Waals surface area contributed by atoms with Gasteiger partial charge in [-0.2, -0.15) is 5.10 Å². The summed E-state index contributed by atoms with van der Waals surface area (Å²) in [5, 5.41) is 8.02. The zero-order valence-corrected chi connectivity index (χ0v) is 11.6. The van der Waals surface area contributed by atoms with Crippen LogP contribution in [0.15, 0.2) is 12.3 Å². The summed E-state index contributed by atoms with van der Waals surface area (Å²) in [4.78, 5) is 0. The quantitative estimate of drug-likeness (QED) is 0.666. The van der Waals surface area contributed by atoms with E-state index in [1.165, 1.54) is 25.7 Å². The van der Waals surface area contributed by atoms with Gasteiger partial charge < -0.3 is 5.32 Å². The van der Waals surface area contributed by atoms with Gasteiger partial charge in [-0.05, 0) is 32.4 Å². The zero-order chi connectivity index (χ0) is 12.5. The topological polar surface area (TPSA) is 29.9 Å². The van der Waals surface area contributed by atoms with E-state index in [2.05, 4.69) is 48.1 Å². The van der Waals surface area contributed by atoms with Gasteiger partial charge in [0.1, 0.15) is 0 Å². The summed E-state index contributed by atoms with van der Waals surface area (Å²) in [7, 11) is 0. The van der Waals surface area contributed by atoms with Crippen LogP contribution in [-0.2, 0) is 6.54 Å². The minimum absolute atomic E-state index is 0.508. The first-order valence-electron chi connectivity index (χ1n) is 7.02. The van der Waals surface area contributed by atoms with Crippen molar-refractivity contribution in [3.63, 3.8) is 0 Å². The van der Waals surface area contributed by atoms with Crippen molar-refractivity contribution in [1.29, 1.82) is 0 Å². The molecule has 0 aliphatic heterocycles. The van der Waals surface area contributed by atoms with Crippen LogP contribution in [0.25, 0.3) is 0 Å². The molecule has 0 radical (unpaired) electrons. The standard InChI is InChI=1S/C14H27N3/c1-4-6-7-8-10-15-12-14-9-11-17(16-14)13(3)5-2/h9,11,13,15H,4-8,10,12H2,1-3H3. The van der Waals surface area contributed by atoms with Crippen molar-refractivity contribution in [3.05, 3.63) is 18.0 Å². The third kappa shape index (κ3) is 5.35. The maximum Gasteiger partial charge on any atom is 0.0762 e. The van der Waals surface area contributed by atoms with Crippen molar-refractivity contribution in [1.82, 2.24) is 15.1 Å². The molecule has 0 saturated carbocycles. The fourth-order valence-electron chi connectivity index (χ4n) is 1.80.